The summed E-state index contributed by atoms with van der Waals surface area (Å²) in [5.41, 5.74) is 1.39. The second kappa shape index (κ2) is 5.99. The Bertz CT molecular complexity index is 757. The Morgan fingerprint density at radius 1 is 1.26 bits per heavy atom. The van der Waals surface area contributed by atoms with E-state index in [1.807, 2.05) is 13.8 Å². The monoisotopic (exact) mass is 355 g/mol. The summed E-state index contributed by atoms with van der Waals surface area (Å²) < 4.78 is 1.66. The SMILES string of the molecule is Cc1nc2c(Cl)cc(Cl)cn2c1C(=O)NC(C)(C)CC(C)(C)C. The Hall–Kier alpha value is -1.26. The molecule has 1 amide bonds. The number of carbonyl (C=O) groups excluding carboxylic acids is 1. The number of halogens is 2. The molecule has 4 nitrogen and oxygen atoms in total. The van der Waals surface area contributed by atoms with E-state index >= 15 is 0 Å². The summed E-state index contributed by atoms with van der Waals surface area (Å²) in [6, 6.07) is 1.62. The Morgan fingerprint density at radius 3 is 2.43 bits per heavy atom. The van der Waals surface area contributed by atoms with Crippen molar-refractivity contribution in [2.45, 2.75) is 53.5 Å². The van der Waals surface area contributed by atoms with Crippen LogP contribution >= 0.6 is 23.2 Å². The van der Waals surface area contributed by atoms with Crippen molar-refractivity contribution in [3.63, 3.8) is 0 Å². The van der Waals surface area contributed by atoms with E-state index in [9.17, 15) is 4.79 Å². The molecular weight excluding hydrogens is 333 g/mol. The van der Waals surface area contributed by atoms with Crippen LogP contribution in [0, 0.1) is 12.3 Å². The van der Waals surface area contributed by atoms with Crippen molar-refractivity contribution in [1.29, 1.82) is 0 Å². The maximum Gasteiger partial charge on any atom is 0.270 e. The molecule has 0 radical (unpaired) electrons. The third kappa shape index (κ3) is 4.18. The number of nitrogens with zero attached hydrogens (tertiary/aromatic N) is 2. The second-order valence-electron chi connectivity index (χ2n) is 7.82. The van der Waals surface area contributed by atoms with Gasteiger partial charge in [0, 0.05) is 11.7 Å². The van der Waals surface area contributed by atoms with E-state index in [4.69, 9.17) is 23.2 Å². The van der Waals surface area contributed by atoms with Crippen LogP contribution in [0.4, 0.5) is 0 Å². The van der Waals surface area contributed by atoms with Crippen LogP contribution in [0.15, 0.2) is 12.3 Å². The Morgan fingerprint density at radius 2 is 1.87 bits per heavy atom. The van der Waals surface area contributed by atoms with Crippen molar-refractivity contribution in [3.05, 3.63) is 33.7 Å². The van der Waals surface area contributed by atoms with Gasteiger partial charge in [0.05, 0.1) is 15.7 Å². The summed E-state index contributed by atoms with van der Waals surface area (Å²) >= 11 is 12.2. The lowest BCUT2D eigenvalue weighted by Crippen LogP contribution is -2.46. The van der Waals surface area contributed by atoms with Crippen LogP contribution in [0.25, 0.3) is 5.65 Å². The fourth-order valence-electron chi connectivity index (χ4n) is 3.20. The molecule has 0 aliphatic heterocycles. The molecular formula is C17H23Cl2N3O. The summed E-state index contributed by atoms with van der Waals surface area (Å²) in [7, 11) is 0. The number of nitrogens with one attached hydrogen (secondary N) is 1. The van der Waals surface area contributed by atoms with Crippen molar-refractivity contribution >= 4 is 34.8 Å². The Labute approximate surface area is 147 Å². The van der Waals surface area contributed by atoms with Gasteiger partial charge in [-0.15, -0.1) is 0 Å². The number of hydrogen-bond donors (Lipinski definition) is 1. The molecule has 2 rings (SSSR count). The predicted molar refractivity (Wildman–Crippen MR) is 95.6 cm³/mol. The minimum absolute atomic E-state index is 0.109. The van der Waals surface area contributed by atoms with Crippen molar-refractivity contribution in [1.82, 2.24) is 14.7 Å². The average molecular weight is 356 g/mol. The van der Waals surface area contributed by atoms with Gasteiger partial charge in [0.15, 0.2) is 5.65 Å². The molecule has 2 heterocycles. The van der Waals surface area contributed by atoms with Gasteiger partial charge in [-0.1, -0.05) is 44.0 Å². The molecule has 0 saturated carbocycles. The molecule has 0 aromatic carbocycles. The van der Waals surface area contributed by atoms with E-state index in [1.54, 1.807) is 23.6 Å². The molecule has 126 valence electrons. The van der Waals surface area contributed by atoms with Gasteiger partial charge < -0.3 is 5.32 Å². The fraction of sp³-hybridized carbons (Fsp3) is 0.529. The molecule has 2 aromatic heterocycles. The number of aryl methyl sites for hydroxylation is 1. The van der Waals surface area contributed by atoms with Gasteiger partial charge in [0.25, 0.3) is 5.91 Å². The number of imidazole rings is 1. The van der Waals surface area contributed by atoms with Gasteiger partial charge in [0.1, 0.15) is 5.69 Å². The highest BCUT2D eigenvalue weighted by atomic mass is 35.5. The van der Waals surface area contributed by atoms with Gasteiger partial charge >= 0.3 is 0 Å². The molecule has 6 heteroatoms. The quantitative estimate of drug-likeness (QED) is 0.851. The highest BCUT2D eigenvalue weighted by Gasteiger charge is 2.29. The largest absolute Gasteiger partial charge is 0.346 e. The summed E-state index contributed by atoms with van der Waals surface area (Å²) in [5.74, 6) is -0.178. The van der Waals surface area contributed by atoms with Gasteiger partial charge in [-0.25, -0.2) is 4.98 Å². The van der Waals surface area contributed by atoms with E-state index in [0.29, 0.717) is 27.1 Å². The minimum Gasteiger partial charge on any atom is -0.346 e. The van der Waals surface area contributed by atoms with Crippen LogP contribution in [0.1, 0.15) is 57.2 Å². The van der Waals surface area contributed by atoms with E-state index in [-0.39, 0.29) is 16.9 Å². The summed E-state index contributed by atoms with van der Waals surface area (Å²) in [5, 5.41) is 3.99. The van der Waals surface area contributed by atoms with Crippen molar-refractivity contribution in [2.24, 2.45) is 5.41 Å². The number of rotatable bonds is 3. The molecule has 1 N–H and O–H groups in total. The predicted octanol–water partition coefficient (Wildman–Crippen LogP) is 4.89. The molecule has 0 saturated heterocycles. The maximum absolute atomic E-state index is 12.8. The molecule has 0 unspecified atom stereocenters. The first-order valence-electron chi connectivity index (χ1n) is 7.56. The zero-order valence-electron chi connectivity index (χ0n) is 14.4. The van der Waals surface area contributed by atoms with Gasteiger partial charge in [-0.05, 0) is 38.7 Å². The zero-order chi connectivity index (χ0) is 17.6. The standard InChI is InChI=1S/C17H23Cl2N3O/c1-10-13(15(23)21-17(5,6)9-16(2,3)4)22-8-11(18)7-12(19)14(22)20-10/h7-8H,9H2,1-6H3,(H,21,23). The molecule has 0 bridgehead atoms. The number of fused-ring (bicyclic) bond motifs is 1. The van der Waals surface area contributed by atoms with E-state index < -0.39 is 0 Å². The minimum atomic E-state index is -0.339. The molecule has 2 aromatic rings. The maximum atomic E-state index is 12.8. The summed E-state index contributed by atoms with van der Waals surface area (Å²) in [4.78, 5) is 17.2. The molecule has 0 atom stereocenters. The molecule has 0 fully saturated rings. The van der Waals surface area contributed by atoms with Gasteiger partial charge in [-0.3, -0.25) is 9.20 Å². The lowest BCUT2D eigenvalue weighted by molar-refractivity contribution is 0.0884. The van der Waals surface area contributed by atoms with Crippen LogP contribution in [0.5, 0.6) is 0 Å². The van der Waals surface area contributed by atoms with Crippen LogP contribution < -0.4 is 5.32 Å². The molecule has 0 aliphatic carbocycles. The van der Waals surface area contributed by atoms with Crippen molar-refractivity contribution in [2.75, 3.05) is 0 Å². The third-order valence-electron chi connectivity index (χ3n) is 3.46. The number of hydrogen-bond acceptors (Lipinski definition) is 2. The van der Waals surface area contributed by atoms with Gasteiger partial charge in [0.2, 0.25) is 0 Å². The van der Waals surface area contributed by atoms with Crippen molar-refractivity contribution < 1.29 is 4.79 Å². The van der Waals surface area contributed by atoms with E-state index in [0.717, 1.165) is 6.42 Å². The summed E-state index contributed by atoms with van der Waals surface area (Å²) in [6.45, 7) is 12.3. The van der Waals surface area contributed by atoms with Crippen LogP contribution in [-0.2, 0) is 0 Å². The Balaban J connectivity index is 2.40. The highest BCUT2D eigenvalue weighted by Crippen LogP contribution is 2.28. The lowest BCUT2D eigenvalue weighted by Gasteiger charge is -2.33. The number of amides is 1. The van der Waals surface area contributed by atoms with Crippen LogP contribution in [0.3, 0.4) is 0 Å². The van der Waals surface area contributed by atoms with E-state index in [1.165, 1.54) is 0 Å². The Kier molecular flexibility index (Phi) is 4.71. The highest BCUT2D eigenvalue weighted by molar-refractivity contribution is 6.36. The average Bonchev–Trinajstić information content (AvgIpc) is 2.61. The lowest BCUT2D eigenvalue weighted by atomic mass is 9.82. The number of carbonyl (C=O) groups is 1. The third-order valence-corrected chi connectivity index (χ3v) is 3.94. The first-order chi connectivity index (χ1) is 10.4. The summed E-state index contributed by atoms with van der Waals surface area (Å²) in [6.07, 6.45) is 2.51. The van der Waals surface area contributed by atoms with E-state index in [2.05, 4.69) is 31.1 Å². The van der Waals surface area contributed by atoms with Crippen molar-refractivity contribution in [3.8, 4) is 0 Å². The zero-order valence-corrected chi connectivity index (χ0v) is 15.9. The molecule has 23 heavy (non-hydrogen) atoms. The molecule has 0 aliphatic rings. The smallest absolute Gasteiger partial charge is 0.270 e. The topological polar surface area (TPSA) is 46.4 Å². The van der Waals surface area contributed by atoms with Gasteiger partial charge in [-0.2, -0.15) is 0 Å². The number of pyridine rings is 1. The van der Waals surface area contributed by atoms with Crippen LogP contribution in [-0.4, -0.2) is 20.8 Å². The normalized spacial score (nSPS) is 12.7. The first kappa shape index (κ1) is 18.1. The first-order valence-corrected chi connectivity index (χ1v) is 8.31. The molecule has 0 spiro atoms. The second-order valence-corrected chi connectivity index (χ2v) is 8.66. The number of aromatic nitrogens is 2. The fourth-order valence-corrected chi connectivity index (χ4v) is 3.71. The van der Waals surface area contributed by atoms with Crippen LogP contribution in [0.2, 0.25) is 10.0 Å².